The highest BCUT2D eigenvalue weighted by atomic mass is 79.9. The van der Waals surface area contributed by atoms with Gasteiger partial charge in [0.2, 0.25) is 0 Å². The van der Waals surface area contributed by atoms with E-state index in [1.807, 2.05) is 13.0 Å². The molecule has 8 heteroatoms. The van der Waals surface area contributed by atoms with E-state index in [-0.39, 0.29) is 41.5 Å². The molecule has 0 spiro atoms. The summed E-state index contributed by atoms with van der Waals surface area (Å²) in [6.07, 6.45) is 0.818. The Balaban J connectivity index is 0.00000242. The van der Waals surface area contributed by atoms with Crippen LogP contribution in [0.4, 0.5) is 5.69 Å². The van der Waals surface area contributed by atoms with Crippen LogP contribution < -0.4 is 5.32 Å². The van der Waals surface area contributed by atoms with E-state index in [1.54, 1.807) is 12.1 Å². The van der Waals surface area contributed by atoms with Gasteiger partial charge in [-0.1, -0.05) is 11.6 Å². The molecule has 1 aliphatic heterocycles. The number of piperazine rings is 1. The van der Waals surface area contributed by atoms with Crippen LogP contribution in [-0.4, -0.2) is 36.0 Å². The van der Waals surface area contributed by atoms with Gasteiger partial charge in [-0.25, -0.2) is 0 Å². The summed E-state index contributed by atoms with van der Waals surface area (Å²) in [5.74, 6) is 0. The third kappa shape index (κ3) is 6.04. The van der Waals surface area contributed by atoms with Crippen LogP contribution in [0.25, 0.3) is 0 Å². The molecule has 0 aliphatic carbocycles. The Bertz CT molecular complexity index is 552. The highest BCUT2D eigenvalue weighted by molar-refractivity contribution is 9.10. The van der Waals surface area contributed by atoms with E-state index >= 15 is 0 Å². The molecular weight excluding hydrogens is 405 g/mol. The molecule has 1 atom stereocenters. The zero-order valence-electron chi connectivity index (χ0n) is 13.0. The van der Waals surface area contributed by atoms with Gasteiger partial charge in [0.15, 0.2) is 0 Å². The normalized spacial score (nSPS) is 15.9. The van der Waals surface area contributed by atoms with Crippen LogP contribution >= 0.6 is 40.7 Å². The summed E-state index contributed by atoms with van der Waals surface area (Å²) in [5.41, 5.74) is 2.19. The minimum atomic E-state index is -0.344. The maximum Gasteiger partial charge on any atom is 0.283 e. The lowest BCUT2D eigenvalue weighted by molar-refractivity contribution is -0.385. The van der Waals surface area contributed by atoms with Gasteiger partial charge in [-0.2, -0.15) is 0 Å². The third-order valence-corrected chi connectivity index (χ3v) is 4.36. The molecule has 2 rings (SSSR count). The minimum absolute atomic E-state index is 0. The molecule has 0 unspecified atom stereocenters. The second-order valence-corrected chi connectivity index (χ2v) is 6.29. The maximum absolute atomic E-state index is 11.1. The molecular formula is C15H22BrCl2N3O2. The van der Waals surface area contributed by atoms with Gasteiger partial charge in [-0.15, -0.1) is 31.4 Å². The lowest BCUT2D eigenvalue weighted by Crippen LogP contribution is -2.45. The topological polar surface area (TPSA) is 58.4 Å². The monoisotopic (exact) mass is 425 g/mol. The van der Waals surface area contributed by atoms with Gasteiger partial charge in [0.25, 0.3) is 5.69 Å². The highest BCUT2D eigenvalue weighted by Crippen LogP contribution is 2.33. The summed E-state index contributed by atoms with van der Waals surface area (Å²) in [4.78, 5) is 13.2. The van der Waals surface area contributed by atoms with Crippen LogP contribution in [0.2, 0.25) is 0 Å². The van der Waals surface area contributed by atoms with E-state index in [9.17, 15) is 10.1 Å². The van der Waals surface area contributed by atoms with Crippen molar-refractivity contribution < 1.29 is 4.92 Å². The van der Waals surface area contributed by atoms with Crippen molar-refractivity contribution in [3.8, 4) is 0 Å². The fourth-order valence-electron chi connectivity index (χ4n) is 2.66. The Morgan fingerprint density at radius 1 is 1.43 bits per heavy atom. The molecule has 5 nitrogen and oxygen atoms in total. The number of nitro benzene ring substituents is 1. The molecule has 0 amide bonds. The van der Waals surface area contributed by atoms with Gasteiger partial charge in [-0.3, -0.25) is 15.0 Å². The van der Waals surface area contributed by atoms with Gasteiger partial charge < -0.3 is 5.32 Å². The third-order valence-electron chi connectivity index (χ3n) is 3.69. The lowest BCUT2D eigenvalue weighted by atomic mass is 9.97. The quantitative estimate of drug-likeness (QED) is 0.437. The predicted molar refractivity (Wildman–Crippen MR) is 102 cm³/mol. The Labute approximate surface area is 157 Å². The Morgan fingerprint density at radius 3 is 2.57 bits per heavy atom. The molecule has 1 fully saturated rings. The van der Waals surface area contributed by atoms with E-state index in [0.29, 0.717) is 4.47 Å². The van der Waals surface area contributed by atoms with Gasteiger partial charge in [0.05, 0.1) is 9.40 Å². The van der Waals surface area contributed by atoms with Crippen molar-refractivity contribution in [3.05, 3.63) is 50.5 Å². The van der Waals surface area contributed by atoms with Crippen molar-refractivity contribution in [2.24, 2.45) is 0 Å². The van der Waals surface area contributed by atoms with Gasteiger partial charge >= 0.3 is 0 Å². The predicted octanol–water partition coefficient (Wildman–Crippen LogP) is 4.11. The van der Waals surface area contributed by atoms with Crippen LogP contribution in [0.1, 0.15) is 24.9 Å². The summed E-state index contributed by atoms with van der Waals surface area (Å²) in [5, 5.41) is 14.5. The smallest absolute Gasteiger partial charge is 0.283 e. The first-order chi connectivity index (χ1) is 9.99. The molecule has 0 aromatic heterocycles. The average molecular weight is 427 g/mol. The summed E-state index contributed by atoms with van der Waals surface area (Å²) in [6, 6.07) is 5.56. The van der Waals surface area contributed by atoms with Gasteiger partial charge in [-0.05, 0) is 40.9 Å². The Hall–Kier alpha value is -0.660. The van der Waals surface area contributed by atoms with Crippen molar-refractivity contribution in [2.45, 2.75) is 19.4 Å². The molecule has 0 saturated carbocycles. The SMILES string of the molecule is C=C(C)C[C@H](c1ccc(Br)c([N+](=O)[O-])c1)N1CCNCC1.Cl.Cl. The molecule has 23 heavy (non-hydrogen) atoms. The summed E-state index contributed by atoms with van der Waals surface area (Å²) < 4.78 is 0.519. The fraction of sp³-hybridized carbons (Fsp3) is 0.467. The number of hydrogen-bond acceptors (Lipinski definition) is 4. The molecule has 1 aromatic carbocycles. The molecule has 0 radical (unpaired) electrons. The summed E-state index contributed by atoms with van der Waals surface area (Å²) in [6.45, 7) is 9.80. The second-order valence-electron chi connectivity index (χ2n) is 5.43. The molecule has 1 aromatic rings. The Kier molecular flexibility index (Phi) is 9.96. The molecule has 1 heterocycles. The van der Waals surface area contributed by atoms with Crippen molar-refractivity contribution in [3.63, 3.8) is 0 Å². The number of nitrogens with zero attached hydrogens (tertiary/aromatic N) is 2. The van der Waals surface area contributed by atoms with Gasteiger partial charge in [0, 0.05) is 38.3 Å². The first-order valence-electron chi connectivity index (χ1n) is 7.02. The fourth-order valence-corrected chi connectivity index (χ4v) is 3.05. The first kappa shape index (κ1) is 22.3. The summed E-state index contributed by atoms with van der Waals surface area (Å²) >= 11 is 3.24. The largest absolute Gasteiger partial charge is 0.314 e. The van der Waals surface area contributed by atoms with Crippen molar-refractivity contribution in [2.75, 3.05) is 26.2 Å². The maximum atomic E-state index is 11.1. The van der Waals surface area contributed by atoms with Crippen molar-refractivity contribution in [1.29, 1.82) is 0 Å². The molecule has 1 saturated heterocycles. The second kappa shape index (κ2) is 10.3. The first-order valence-corrected chi connectivity index (χ1v) is 7.81. The minimum Gasteiger partial charge on any atom is -0.314 e. The number of nitrogens with one attached hydrogen (secondary N) is 1. The van der Waals surface area contributed by atoms with Crippen LogP contribution in [0.15, 0.2) is 34.8 Å². The summed E-state index contributed by atoms with van der Waals surface area (Å²) in [7, 11) is 0. The lowest BCUT2D eigenvalue weighted by Gasteiger charge is -2.35. The zero-order valence-corrected chi connectivity index (χ0v) is 16.2. The van der Waals surface area contributed by atoms with Crippen LogP contribution in [0, 0.1) is 10.1 Å². The van der Waals surface area contributed by atoms with E-state index in [1.165, 1.54) is 0 Å². The zero-order chi connectivity index (χ0) is 15.4. The number of nitro groups is 1. The number of rotatable bonds is 5. The average Bonchev–Trinajstić information content (AvgIpc) is 2.46. The van der Waals surface area contributed by atoms with E-state index in [2.05, 4.69) is 32.7 Å². The standard InChI is InChI=1S/C15H20BrN3O2.2ClH/c1-11(2)9-14(18-7-5-17-6-8-18)12-3-4-13(16)15(10-12)19(20)21;;/h3-4,10,14,17H,1,5-9H2,2H3;2*1H/t14-;;/m1../s1. The van der Waals surface area contributed by atoms with Crippen LogP contribution in [-0.2, 0) is 0 Å². The van der Waals surface area contributed by atoms with Gasteiger partial charge in [0.1, 0.15) is 0 Å². The Morgan fingerprint density at radius 2 is 2.04 bits per heavy atom. The van der Waals surface area contributed by atoms with E-state index < -0.39 is 0 Å². The molecule has 1 N–H and O–H groups in total. The number of hydrogen-bond donors (Lipinski definition) is 1. The van der Waals surface area contributed by atoms with Crippen molar-refractivity contribution in [1.82, 2.24) is 10.2 Å². The van der Waals surface area contributed by atoms with Crippen LogP contribution in [0.5, 0.6) is 0 Å². The highest BCUT2D eigenvalue weighted by Gasteiger charge is 2.24. The molecule has 0 bridgehead atoms. The van der Waals surface area contributed by atoms with Crippen LogP contribution in [0.3, 0.4) is 0 Å². The van der Waals surface area contributed by atoms with E-state index in [4.69, 9.17) is 0 Å². The number of benzene rings is 1. The number of halogens is 3. The van der Waals surface area contributed by atoms with Crippen molar-refractivity contribution >= 4 is 46.4 Å². The van der Waals surface area contributed by atoms with E-state index in [0.717, 1.165) is 43.7 Å². The molecule has 130 valence electrons. The molecule has 1 aliphatic rings.